The van der Waals surface area contributed by atoms with Gasteiger partial charge >= 0.3 is 0 Å². The number of nitrogens with zero attached hydrogens (tertiary/aromatic N) is 2. The maximum atomic E-state index is 13.2. The second-order valence-corrected chi connectivity index (χ2v) is 8.78. The summed E-state index contributed by atoms with van der Waals surface area (Å²) in [4.78, 5) is 17.7. The van der Waals surface area contributed by atoms with Crippen molar-refractivity contribution in [3.8, 4) is 11.3 Å². The fourth-order valence-electron chi connectivity index (χ4n) is 4.88. The van der Waals surface area contributed by atoms with E-state index in [1.807, 2.05) is 32.3 Å². The number of pyridine rings is 1. The van der Waals surface area contributed by atoms with Gasteiger partial charge in [0, 0.05) is 23.6 Å². The van der Waals surface area contributed by atoms with Crippen molar-refractivity contribution >= 4 is 17.1 Å². The monoisotopic (exact) mass is 375 g/mol. The number of nitrogens with one attached hydrogen (secondary N) is 1. The summed E-state index contributed by atoms with van der Waals surface area (Å²) in [7, 11) is 0. The van der Waals surface area contributed by atoms with Crippen molar-refractivity contribution in [2.45, 2.75) is 65.3 Å². The minimum Gasteiger partial charge on any atom is -0.373 e. The highest BCUT2D eigenvalue weighted by molar-refractivity contribution is 6.03. The van der Waals surface area contributed by atoms with Gasteiger partial charge in [-0.05, 0) is 75.4 Å². The molecular formula is C24H29N3O. The largest absolute Gasteiger partial charge is 0.373 e. The quantitative estimate of drug-likeness (QED) is 0.686. The number of aromatic nitrogens is 2. The van der Waals surface area contributed by atoms with E-state index in [2.05, 4.69) is 60.6 Å². The van der Waals surface area contributed by atoms with Crippen LogP contribution in [0.5, 0.6) is 0 Å². The highest BCUT2D eigenvalue weighted by Crippen LogP contribution is 2.46. The first-order valence-electron chi connectivity index (χ1n) is 10.2. The molecule has 0 amide bonds. The van der Waals surface area contributed by atoms with Gasteiger partial charge in [0.25, 0.3) is 0 Å². The molecule has 1 aliphatic rings. The smallest absolute Gasteiger partial charge is 0.167 e. The van der Waals surface area contributed by atoms with Crippen LogP contribution in [0.25, 0.3) is 16.9 Å². The van der Waals surface area contributed by atoms with E-state index in [0.29, 0.717) is 0 Å². The van der Waals surface area contributed by atoms with Crippen LogP contribution in [-0.2, 0) is 23.1 Å². The maximum Gasteiger partial charge on any atom is 0.167 e. The number of ketones is 1. The summed E-state index contributed by atoms with van der Waals surface area (Å²) in [6, 6.07) is 8.46. The number of Topliss-reactive ketones (excluding diaryl/α,β-unsaturated/α-hetero) is 1. The highest BCUT2D eigenvalue weighted by atomic mass is 16.1. The Labute approximate surface area is 167 Å². The minimum atomic E-state index is -0.572. The maximum absolute atomic E-state index is 13.2. The minimum absolute atomic E-state index is 0.227. The predicted octanol–water partition coefficient (Wildman–Crippen LogP) is 5.18. The molecule has 3 aromatic rings. The van der Waals surface area contributed by atoms with Crippen LogP contribution in [0.15, 0.2) is 36.7 Å². The molecule has 0 spiro atoms. The molecular weight excluding hydrogens is 346 g/mol. The van der Waals surface area contributed by atoms with E-state index < -0.39 is 11.0 Å². The SMILES string of the molecule is CCc1c(-c2cccc3nccn23)cc2c(c1CC)NC(C)(C)C(=O)C2(C)C. The van der Waals surface area contributed by atoms with Crippen LogP contribution in [0.4, 0.5) is 5.69 Å². The number of carbonyl (C=O) groups excluding carboxylic acids is 1. The number of benzene rings is 1. The van der Waals surface area contributed by atoms with Gasteiger partial charge in [0.1, 0.15) is 5.65 Å². The van der Waals surface area contributed by atoms with Crippen LogP contribution in [0.1, 0.15) is 58.2 Å². The molecule has 0 unspecified atom stereocenters. The molecule has 28 heavy (non-hydrogen) atoms. The van der Waals surface area contributed by atoms with Gasteiger partial charge in [-0.3, -0.25) is 9.20 Å². The zero-order chi connectivity index (χ0) is 20.3. The molecule has 0 saturated carbocycles. The van der Waals surface area contributed by atoms with E-state index in [0.717, 1.165) is 35.4 Å². The molecule has 4 rings (SSSR count). The van der Waals surface area contributed by atoms with Gasteiger partial charge in [0.05, 0.1) is 16.6 Å². The summed E-state index contributed by atoms with van der Waals surface area (Å²) in [6.07, 6.45) is 5.70. The summed E-state index contributed by atoms with van der Waals surface area (Å²) in [5.74, 6) is 0.227. The lowest BCUT2D eigenvalue weighted by atomic mass is 9.68. The topological polar surface area (TPSA) is 46.4 Å². The van der Waals surface area contributed by atoms with Gasteiger partial charge in [-0.2, -0.15) is 0 Å². The number of carbonyl (C=O) groups is 1. The lowest BCUT2D eigenvalue weighted by Crippen LogP contribution is -2.54. The summed E-state index contributed by atoms with van der Waals surface area (Å²) in [6.45, 7) is 12.5. The van der Waals surface area contributed by atoms with E-state index >= 15 is 0 Å². The van der Waals surface area contributed by atoms with Crippen molar-refractivity contribution in [1.82, 2.24) is 9.38 Å². The van der Waals surface area contributed by atoms with Crippen molar-refractivity contribution in [1.29, 1.82) is 0 Å². The summed E-state index contributed by atoms with van der Waals surface area (Å²) in [5, 5.41) is 3.58. The van der Waals surface area contributed by atoms with Crippen LogP contribution < -0.4 is 5.32 Å². The van der Waals surface area contributed by atoms with Crippen LogP contribution >= 0.6 is 0 Å². The molecule has 2 aromatic heterocycles. The van der Waals surface area contributed by atoms with Gasteiger partial charge in [0.15, 0.2) is 5.78 Å². The number of hydrogen-bond donors (Lipinski definition) is 1. The second kappa shape index (κ2) is 6.20. The number of hydrogen-bond acceptors (Lipinski definition) is 3. The van der Waals surface area contributed by atoms with Gasteiger partial charge in [0.2, 0.25) is 0 Å². The Hall–Kier alpha value is -2.62. The Morgan fingerprint density at radius 1 is 1.07 bits per heavy atom. The van der Waals surface area contributed by atoms with Crippen molar-refractivity contribution in [3.63, 3.8) is 0 Å². The van der Waals surface area contributed by atoms with Gasteiger partial charge in [-0.1, -0.05) is 19.9 Å². The lowest BCUT2D eigenvalue weighted by Gasteiger charge is -2.43. The number of rotatable bonds is 3. The first-order chi connectivity index (χ1) is 13.2. The van der Waals surface area contributed by atoms with Crippen LogP contribution in [0, 0.1) is 0 Å². The molecule has 0 atom stereocenters. The Balaban J connectivity index is 2.10. The molecule has 1 aromatic carbocycles. The van der Waals surface area contributed by atoms with E-state index in [1.165, 1.54) is 16.7 Å². The van der Waals surface area contributed by atoms with Gasteiger partial charge in [-0.25, -0.2) is 4.98 Å². The van der Waals surface area contributed by atoms with Crippen molar-refractivity contribution < 1.29 is 4.79 Å². The Bertz CT molecular complexity index is 1090. The average Bonchev–Trinajstić information content (AvgIpc) is 3.14. The molecule has 1 aliphatic heterocycles. The fourth-order valence-corrected chi connectivity index (χ4v) is 4.88. The van der Waals surface area contributed by atoms with Crippen LogP contribution in [0.2, 0.25) is 0 Å². The molecule has 0 fully saturated rings. The molecule has 0 bridgehead atoms. The van der Waals surface area contributed by atoms with Gasteiger partial charge < -0.3 is 5.32 Å². The summed E-state index contributed by atoms with van der Waals surface area (Å²) in [5.41, 5.74) is 7.05. The normalized spacial score (nSPS) is 17.4. The third-order valence-electron chi connectivity index (χ3n) is 6.21. The Morgan fingerprint density at radius 3 is 2.46 bits per heavy atom. The third kappa shape index (κ3) is 2.50. The van der Waals surface area contributed by atoms with Gasteiger partial charge in [-0.15, -0.1) is 0 Å². The Morgan fingerprint density at radius 2 is 1.79 bits per heavy atom. The van der Waals surface area contributed by atoms with E-state index in [-0.39, 0.29) is 5.78 Å². The molecule has 0 saturated heterocycles. The second-order valence-electron chi connectivity index (χ2n) is 8.78. The predicted molar refractivity (Wildman–Crippen MR) is 115 cm³/mol. The zero-order valence-electron chi connectivity index (χ0n) is 17.7. The van der Waals surface area contributed by atoms with Crippen molar-refractivity contribution in [3.05, 3.63) is 53.3 Å². The Kier molecular flexibility index (Phi) is 4.14. The molecule has 0 aliphatic carbocycles. The van der Waals surface area contributed by atoms with Crippen molar-refractivity contribution in [2.24, 2.45) is 0 Å². The standard InChI is InChI=1S/C24H29N3O/c1-7-15-16(8-2)21-18(23(3,4)22(28)24(5,6)26-21)14-17(15)19-10-9-11-20-25-12-13-27(19)20/h9-14,26H,7-8H2,1-6H3. The van der Waals surface area contributed by atoms with E-state index in [1.54, 1.807) is 0 Å². The van der Waals surface area contributed by atoms with Crippen LogP contribution in [-0.4, -0.2) is 20.7 Å². The van der Waals surface area contributed by atoms with Crippen LogP contribution in [0.3, 0.4) is 0 Å². The first kappa shape index (κ1) is 18.7. The van der Waals surface area contributed by atoms with E-state index in [9.17, 15) is 4.79 Å². The number of anilines is 1. The molecule has 146 valence electrons. The molecule has 3 heterocycles. The highest BCUT2D eigenvalue weighted by Gasteiger charge is 2.46. The van der Waals surface area contributed by atoms with E-state index in [4.69, 9.17) is 0 Å². The van der Waals surface area contributed by atoms with Crippen molar-refractivity contribution in [2.75, 3.05) is 5.32 Å². The zero-order valence-corrected chi connectivity index (χ0v) is 17.7. The lowest BCUT2D eigenvalue weighted by molar-refractivity contribution is -0.127. The molecule has 4 nitrogen and oxygen atoms in total. The first-order valence-corrected chi connectivity index (χ1v) is 10.2. The summed E-state index contributed by atoms with van der Waals surface area (Å²) >= 11 is 0. The molecule has 1 N–H and O–H groups in total. The fraction of sp³-hybridized carbons (Fsp3) is 0.417. The molecule has 4 heteroatoms. The number of fused-ring (bicyclic) bond motifs is 2. The average molecular weight is 376 g/mol. The summed E-state index contributed by atoms with van der Waals surface area (Å²) < 4.78 is 2.13. The third-order valence-corrected chi connectivity index (χ3v) is 6.21. The number of imidazole rings is 1. The molecule has 0 radical (unpaired) electrons.